The summed E-state index contributed by atoms with van der Waals surface area (Å²) in [4.78, 5) is 4.12. The van der Waals surface area contributed by atoms with E-state index in [2.05, 4.69) is 41.3 Å². The average Bonchev–Trinajstić information content (AvgIpc) is 2.73. The van der Waals surface area contributed by atoms with Crippen LogP contribution in [0.25, 0.3) is 10.9 Å². The molecule has 0 aliphatic rings. The summed E-state index contributed by atoms with van der Waals surface area (Å²) in [6.45, 7) is 2.86. The lowest BCUT2D eigenvalue weighted by Gasteiger charge is -2.03. The van der Waals surface area contributed by atoms with E-state index < -0.39 is 0 Å². The van der Waals surface area contributed by atoms with E-state index in [9.17, 15) is 0 Å². The van der Waals surface area contributed by atoms with Crippen molar-refractivity contribution in [3.63, 3.8) is 0 Å². The van der Waals surface area contributed by atoms with Crippen LogP contribution in [0.1, 0.15) is 11.1 Å². The molecule has 3 heteroatoms. The second-order valence-electron chi connectivity index (χ2n) is 4.23. The number of hydrogen-bond acceptors (Lipinski definition) is 2. The minimum atomic E-state index is 0.764. The maximum atomic E-state index is 4.42. The van der Waals surface area contributed by atoms with Crippen LogP contribution in [0.2, 0.25) is 0 Å². The van der Waals surface area contributed by atoms with Crippen LogP contribution >= 0.6 is 0 Å². The number of benzene rings is 1. The number of pyridine rings is 1. The van der Waals surface area contributed by atoms with Crippen molar-refractivity contribution in [1.82, 2.24) is 14.8 Å². The van der Waals surface area contributed by atoms with E-state index in [4.69, 9.17) is 0 Å². The molecule has 0 fully saturated rings. The first kappa shape index (κ1) is 10.0. The summed E-state index contributed by atoms with van der Waals surface area (Å²) in [5.74, 6) is 0. The van der Waals surface area contributed by atoms with Crippen LogP contribution in [-0.2, 0) is 6.54 Å². The maximum Gasteiger partial charge on any atom is 0.0686 e. The predicted molar refractivity (Wildman–Crippen MR) is 67.8 cm³/mol. The molecule has 3 rings (SSSR count). The Morgan fingerprint density at radius 3 is 2.94 bits per heavy atom. The Morgan fingerprint density at radius 2 is 2.12 bits per heavy atom. The topological polar surface area (TPSA) is 30.7 Å². The van der Waals surface area contributed by atoms with Crippen molar-refractivity contribution in [1.29, 1.82) is 0 Å². The van der Waals surface area contributed by atoms with E-state index in [-0.39, 0.29) is 0 Å². The molecule has 84 valence electrons. The normalized spacial score (nSPS) is 10.9. The molecule has 2 heterocycles. The molecule has 0 atom stereocenters. The molecule has 0 radical (unpaired) electrons. The predicted octanol–water partition coefficient (Wildman–Crippen LogP) is 2.79. The molecule has 0 N–H and O–H groups in total. The Balaban J connectivity index is 2.01. The second-order valence-corrected chi connectivity index (χ2v) is 4.23. The molecule has 0 saturated heterocycles. The third-order valence-corrected chi connectivity index (χ3v) is 2.85. The van der Waals surface area contributed by atoms with E-state index in [1.54, 1.807) is 6.20 Å². The van der Waals surface area contributed by atoms with Gasteiger partial charge in [0.1, 0.15) is 0 Å². The number of aromatic nitrogens is 3. The lowest BCUT2D eigenvalue weighted by Crippen LogP contribution is -2.01. The van der Waals surface area contributed by atoms with E-state index in [1.165, 1.54) is 16.5 Å². The van der Waals surface area contributed by atoms with E-state index >= 15 is 0 Å². The van der Waals surface area contributed by atoms with Crippen LogP contribution in [-0.4, -0.2) is 14.8 Å². The molecule has 2 aromatic heterocycles. The monoisotopic (exact) mass is 223 g/mol. The van der Waals surface area contributed by atoms with Gasteiger partial charge in [-0.25, -0.2) is 0 Å². The van der Waals surface area contributed by atoms with Gasteiger partial charge in [-0.2, -0.15) is 5.10 Å². The van der Waals surface area contributed by atoms with Crippen molar-refractivity contribution in [3.05, 3.63) is 60.0 Å². The Morgan fingerprint density at radius 1 is 1.18 bits per heavy atom. The highest BCUT2D eigenvalue weighted by atomic mass is 15.3. The van der Waals surface area contributed by atoms with Crippen LogP contribution in [0.5, 0.6) is 0 Å². The molecule has 0 aliphatic heterocycles. The third-order valence-electron chi connectivity index (χ3n) is 2.85. The molecule has 1 aromatic carbocycles. The fraction of sp³-hybridized carbons (Fsp3) is 0.143. The van der Waals surface area contributed by atoms with Gasteiger partial charge in [0.05, 0.1) is 18.3 Å². The largest absolute Gasteiger partial charge is 0.264 e. The molecule has 0 saturated carbocycles. The first-order valence-corrected chi connectivity index (χ1v) is 5.64. The van der Waals surface area contributed by atoms with Crippen LogP contribution in [0.3, 0.4) is 0 Å². The van der Waals surface area contributed by atoms with Gasteiger partial charge in [-0.15, -0.1) is 0 Å². The zero-order valence-corrected chi connectivity index (χ0v) is 9.67. The number of nitrogens with zero attached hydrogens (tertiary/aromatic N) is 3. The molecule has 3 aromatic rings. The molecule has 0 unspecified atom stereocenters. The number of hydrogen-bond donors (Lipinski definition) is 0. The molecule has 0 aliphatic carbocycles. The summed E-state index contributed by atoms with van der Waals surface area (Å²) in [6, 6.07) is 10.4. The average molecular weight is 223 g/mol. The zero-order valence-electron chi connectivity index (χ0n) is 9.67. The standard InChI is InChI=1S/C14H13N3/c1-11-4-5-14-13(7-11)9-16-17(14)10-12-3-2-6-15-8-12/h2-9H,10H2,1H3. The maximum absolute atomic E-state index is 4.42. The van der Waals surface area contributed by atoms with Crippen LogP contribution in [0.4, 0.5) is 0 Å². The molecule has 0 spiro atoms. The van der Waals surface area contributed by atoms with Crippen molar-refractivity contribution < 1.29 is 0 Å². The fourth-order valence-electron chi connectivity index (χ4n) is 2.00. The van der Waals surface area contributed by atoms with Gasteiger partial charge in [0, 0.05) is 17.8 Å². The van der Waals surface area contributed by atoms with Crippen molar-refractivity contribution >= 4 is 10.9 Å². The molecular weight excluding hydrogens is 210 g/mol. The second kappa shape index (κ2) is 4.01. The van der Waals surface area contributed by atoms with Gasteiger partial charge >= 0.3 is 0 Å². The van der Waals surface area contributed by atoms with Crippen LogP contribution in [0, 0.1) is 6.92 Å². The summed E-state index contributed by atoms with van der Waals surface area (Å²) < 4.78 is 2.01. The molecule has 0 bridgehead atoms. The van der Waals surface area contributed by atoms with E-state index in [0.717, 1.165) is 12.1 Å². The highest BCUT2D eigenvalue weighted by Crippen LogP contribution is 2.16. The Bertz CT molecular complexity index is 641. The Labute approximate surface area is 99.7 Å². The summed E-state index contributed by atoms with van der Waals surface area (Å²) in [5.41, 5.74) is 3.59. The lowest BCUT2D eigenvalue weighted by molar-refractivity contribution is 0.710. The van der Waals surface area contributed by atoms with Crippen molar-refractivity contribution in [2.24, 2.45) is 0 Å². The van der Waals surface area contributed by atoms with Crippen molar-refractivity contribution in [2.45, 2.75) is 13.5 Å². The van der Waals surface area contributed by atoms with Crippen molar-refractivity contribution in [2.75, 3.05) is 0 Å². The van der Waals surface area contributed by atoms with Gasteiger partial charge in [0.25, 0.3) is 0 Å². The smallest absolute Gasteiger partial charge is 0.0686 e. The Kier molecular flexibility index (Phi) is 2.37. The quantitative estimate of drug-likeness (QED) is 0.668. The Hall–Kier alpha value is -2.16. The molecular formula is C14H13N3. The summed E-state index contributed by atoms with van der Waals surface area (Å²) >= 11 is 0. The fourth-order valence-corrected chi connectivity index (χ4v) is 2.00. The summed E-state index contributed by atoms with van der Waals surface area (Å²) in [6.07, 6.45) is 5.58. The van der Waals surface area contributed by atoms with Gasteiger partial charge in [-0.3, -0.25) is 9.67 Å². The summed E-state index contributed by atoms with van der Waals surface area (Å²) in [5, 5.41) is 5.61. The summed E-state index contributed by atoms with van der Waals surface area (Å²) in [7, 11) is 0. The van der Waals surface area contributed by atoms with Crippen molar-refractivity contribution in [3.8, 4) is 0 Å². The lowest BCUT2D eigenvalue weighted by atomic mass is 10.2. The van der Waals surface area contributed by atoms with Gasteiger partial charge in [0.2, 0.25) is 0 Å². The molecule has 17 heavy (non-hydrogen) atoms. The number of rotatable bonds is 2. The minimum Gasteiger partial charge on any atom is -0.264 e. The minimum absolute atomic E-state index is 0.764. The highest BCUT2D eigenvalue weighted by Gasteiger charge is 2.03. The first-order valence-electron chi connectivity index (χ1n) is 5.64. The third kappa shape index (κ3) is 1.91. The van der Waals surface area contributed by atoms with Gasteiger partial charge in [0.15, 0.2) is 0 Å². The molecule has 3 nitrogen and oxygen atoms in total. The van der Waals surface area contributed by atoms with E-state index in [1.807, 2.05) is 23.1 Å². The van der Waals surface area contributed by atoms with E-state index in [0.29, 0.717) is 0 Å². The molecule has 0 amide bonds. The zero-order chi connectivity index (χ0) is 11.7. The number of aryl methyl sites for hydroxylation is 1. The first-order chi connectivity index (χ1) is 8.33. The van der Waals surface area contributed by atoms with Gasteiger partial charge in [-0.1, -0.05) is 17.7 Å². The van der Waals surface area contributed by atoms with Crippen LogP contribution in [0.15, 0.2) is 48.9 Å². The van der Waals surface area contributed by atoms with Crippen LogP contribution < -0.4 is 0 Å². The SMILES string of the molecule is Cc1ccc2c(cnn2Cc2cccnc2)c1. The van der Waals surface area contributed by atoms with Gasteiger partial charge in [-0.05, 0) is 30.7 Å². The number of fused-ring (bicyclic) bond motifs is 1. The van der Waals surface area contributed by atoms with Gasteiger partial charge < -0.3 is 0 Å². The highest BCUT2D eigenvalue weighted by molar-refractivity contribution is 5.79.